The quantitative estimate of drug-likeness (QED) is 0.468. The maximum Gasteiger partial charge on any atom is 0.246 e. The average Bonchev–Trinajstić information content (AvgIpc) is 2.28. The van der Waals surface area contributed by atoms with E-state index in [9.17, 15) is 4.79 Å². The molecule has 0 radical (unpaired) electrons. The molecule has 96 valence electrons. The largest absolute Gasteiger partial charge is 0.274 e. The highest BCUT2D eigenvalue weighted by molar-refractivity contribution is 8.38. The number of hydrogen-bond donors (Lipinski definition) is 0. The molecule has 0 aliphatic carbocycles. The van der Waals surface area contributed by atoms with Crippen LogP contribution in [0, 0.1) is 0 Å². The Labute approximate surface area is 110 Å². The summed E-state index contributed by atoms with van der Waals surface area (Å²) < 4.78 is 0.321. The van der Waals surface area contributed by atoms with Gasteiger partial charge < -0.3 is 0 Å². The Morgan fingerprint density at radius 1 is 0.750 bits per heavy atom. The van der Waals surface area contributed by atoms with Crippen molar-refractivity contribution in [2.75, 3.05) is 11.5 Å². The normalized spacial score (nSPS) is 10.6. The van der Waals surface area contributed by atoms with Crippen LogP contribution in [0.2, 0.25) is 0 Å². The SMILES string of the molecule is CCCCCCCCSC(=O)SCCCC. The lowest BCUT2D eigenvalue weighted by Gasteiger charge is -2.01. The van der Waals surface area contributed by atoms with Gasteiger partial charge in [0.05, 0.1) is 0 Å². The molecule has 0 saturated heterocycles. The van der Waals surface area contributed by atoms with E-state index in [1.165, 1.54) is 68.5 Å². The van der Waals surface area contributed by atoms with Gasteiger partial charge in [0, 0.05) is 11.5 Å². The van der Waals surface area contributed by atoms with Crippen LogP contribution in [0.15, 0.2) is 0 Å². The maximum absolute atomic E-state index is 11.4. The van der Waals surface area contributed by atoms with Crippen molar-refractivity contribution in [3.63, 3.8) is 0 Å². The van der Waals surface area contributed by atoms with Gasteiger partial charge in [-0.2, -0.15) is 0 Å². The van der Waals surface area contributed by atoms with E-state index in [-0.39, 0.29) is 0 Å². The topological polar surface area (TPSA) is 17.1 Å². The third kappa shape index (κ3) is 12.4. The second-order valence-electron chi connectivity index (χ2n) is 4.07. The number of hydrogen-bond acceptors (Lipinski definition) is 3. The lowest BCUT2D eigenvalue weighted by molar-refractivity contribution is 0.276. The average molecular weight is 262 g/mol. The zero-order chi connectivity index (χ0) is 12.1. The number of unbranched alkanes of at least 4 members (excludes halogenated alkanes) is 6. The second-order valence-corrected chi connectivity index (χ2v) is 6.46. The van der Waals surface area contributed by atoms with Gasteiger partial charge in [-0.25, -0.2) is 0 Å². The molecule has 0 spiro atoms. The van der Waals surface area contributed by atoms with Gasteiger partial charge in [-0.3, -0.25) is 4.79 Å². The van der Waals surface area contributed by atoms with E-state index < -0.39 is 0 Å². The molecule has 0 saturated carbocycles. The van der Waals surface area contributed by atoms with Crippen molar-refractivity contribution in [2.24, 2.45) is 0 Å². The van der Waals surface area contributed by atoms with Crippen LogP contribution in [0.5, 0.6) is 0 Å². The minimum atomic E-state index is 0.321. The fourth-order valence-electron chi connectivity index (χ4n) is 1.38. The minimum absolute atomic E-state index is 0.321. The Kier molecular flexibility index (Phi) is 13.7. The van der Waals surface area contributed by atoms with E-state index in [1.807, 2.05) is 0 Å². The van der Waals surface area contributed by atoms with E-state index >= 15 is 0 Å². The zero-order valence-electron chi connectivity index (χ0n) is 10.8. The highest BCUT2D eigenvalue weighted by Crippen LogP contribution is 2.19. The molecule has 0 aliphatic heterocycles. The molecule has 0 N–H and O–H groups in total. The molecule has 3 heteroatoms. The number of carbonyl (C=O) groups excluding carboxylic acids is 1. The standard InChI is InChI=1S/C13H26OS2/c1-3-5-7-8-9-10-12-16-13(14)15-11-6-4-2/h3-12H2,1-2H3. The lowest BCUT2D eigenvalue weighted by Crippen LogP contribution is -1.89. The van der Waals surface area contributed by atoms with Gasteiger partial charge in [-0.05, 0) is 12.8 Å². The Bertz CT molecular complexity index is 160. The third-order valence-corrected chi connectivity index (χ3v) is 4.60. The molecule has 0 amide bonds. The molecule has 0 bridgehead atoms. The van der Waals surface area contributed by atoms with Crippen LogP contribution >= 0.6 is 23.5 Å². The molecule has 0 aromatic heterocycles. The summed E-state index contributed by atoms with van der Waals surface area (Å²) in [4.78, 5) is 11.4. The molecule has 0 aromatic rings. The zero-order valence-corrected chi connectivity index (χ0v) is 12.4. The van der Waals surface area contributed by atoms with Gasteiger partial charge in [-0.1, -0.05) is 75.9 Å². The van der Waals surface area contributed by atoms with Crippen LogP contribution in [0.25, 0.3) is 0 Å². The second kappa shape index (κ2) is 13.4. The van der Waals surface area contributed by atoms with Crippen LogP contribution in [-0.4, -0.2) is 16.0 Å². The maximum atomic E-state index is 11.4. The van der Waals surface area contributed by atoms with E-state index in [1.54, 1.807) is 0 Å². The first kappa shape index (κ1) is 16.4. The minimum Gasteiger partial charge on any atom is -0.274 e. The highest BCUT2D eigenvalue weighted by atomic mass is 32.2. The summed E-state index contributed by atoms with van der Waals surface area (Å²) in [6, 6.07) is 0. The summed E-state index contributed by atoms with van der Waals surface area (Å²) in [5, 5.41) is 0. The van der Waals surface area contributed by atoms with Crippen molar-refractivity contribution in [3.05, 3.63) is 0 Å². The number of rotatable bonds is 10. The monoisotopic (exact) mass is 262 g/mol. The molecule has 0 atom stereocenters. The summed E-state index contributed by atoms with van der Waals surface area (Å²) in [7, 11) is 0. The first-order chi connectivity index (χ1) is 7.81. The Balaban J connectivity index is 3.09. The van der Waals surface area contributed by atoms with Gasteiger partial charge in [0.1, 0.15) is 0 Å². The molecule has 0 aliphatic rings. The van der Waals surface area contributed by atoms with Gasteiger partial charge in [0.25, 0.3) is 0 Å². The van der Waals surface area contributed by atoms with E-state index in [2.05, 4.69) is 13.8 Å². The molecule has 0 rings (SSSR count). The van der Waals surface area contributed by atoms with Gasteiger partial charge in [0.2, 0.25) is 4.45 Å². The Morgan fingerprint density at radius 3 is 1.88 bits per heavy atom. The van der Waals surface area contributed by atoms with E-state index in [0.29, 0.717) is 4.45 Å². The summed E-state index contributed by atoms with van der Waals surface area (Å²) in [5.41, 5.74) is 0. The van der Waals surface area contributed by atoms with Crippen molar-refractivity contribution in [1.29, 1.82) is 0 Å². The van der Waals surface area contributed by atoms with Crippen molar-refractivity contribution in [2.45, 2.75) is 65.2 Å². The molecule has 0 heterocycles. The van der Waals surface area contributed by atoms with E-state index in [4.69, 9.17) is 0 Å². The fourth-order valence-corrected chi connectivity index (χ4v) is 3.33. The Morgan fingerprint density at radius 2 is 1.25 bits per heavy atom. The molecule has 16 heavy (non-hydrogen) atoms. The smallest absolute Gasteiger partial charge is 0.246 e. The van der Waals surface area contributed by atoms with Crippen LogP contribution in [0.3, 0.4) is 0 Å². The fraction of sp³-hybridized carbons (Fsp3) is 0.923. The van der Waals surface area contributed by atoms with Crippen molar-refractivity contribution in [3.8, 4) is 0 Å². The van der Waals surface area contributed by atoms with Crippen LogP contribution < -0.4 is 0 Å². The highest BCUT2D eigenvalue weighted by Gasteiger charge is 2.02. The molecule has 0 unspecified atom stereocenters. The number of carbonyl (C=O) groups is 1. The molecule has 1 nitrogen and oxygen atoms in total. The lowest BCUT2D eigenvalue weighted by atomic mass is 10.1. The Hall–Kier alpha value is 0.370. The van der Waals surface area contributed by atoms with Crippen LogP contribution in [0.1, 0.15) is 65.2 Å². The predicted molar refractivity (Wildman–Crippen MR) is 78.6 cm³/mol. The molecular weight excluding hydrogens is 236 g/mol. The summed E-state index contributed by atoms with van der Waals surface area (Å²) in [6.07, 6.45) is 10.2. The first-order valence-corrected chi connectivity index (χ1v) is 8.58. The molecule has 0 aromatic carbocycles. The summed E-state index contributed by atoms with van der Waals surface area (Å²) in [5.74, 6) is 2.02. The molecule has 0 fully saturated rings. The predicted octanol–water partition coefficient (Wildman–Crippen LogP) is 5.73. The van der Waals surface area contributed by atoms with Gasteiger partial charge in [-0.15, -0.1) is 0 Å². The number of thioether (sulfide) groups is 2. The van der Waals surface area contributed by atoms with Crippen molar-refractivity contribution in [1.82, 2.24) is 0 Å². The summed E-state index contributed by atoms with van der Waals surface area (Å²) >= 11 is 3.01. The van der Waals surface area contributed by atoms with Crippen LogP contribution in [0.4, 0.5) is 4.79 Å². The van der Waals surface area contributed by atoms with E-state index in [0.717, 1.165) is 17.9 Å². The first-order valence-electron chi connectivity index (χ1n) is 6.60. The van der Waals surface area contributed by atoms with Crippen molar-refractivity contribution >= 4 is 28.0 Å². The van der Waals surface area contributed by atoms with Gasteiger partial charge >= 0.3 is 0 Å². The summed E-state index contributed by atoms with van der Waals surface area (Å²) in [6.45, 7) is 4.40. The van der Waals surface area contributed by atoms with Gasteiger partial charge in [0.15, 0.2) is 0 Å². The van der Waals surface area contributed by atoms with Crippen molar-refractivity contribution < 1.29 is 4.79 Å². The third-order valence-electron chi connectivity index (χ3n) is 2.44. The van der Waals surface area contributed by atoms with Crippen LogP contribution in [-0.2, 0) is 0 Å². The molecular formula is C13H26OS2.